The van der Waals surface area contributed by atoms with Crippen molar-refractivity contribution in [2.24, 2.45) is 4.40 Å². The summed E-state index contributed by atoms with van der Waals surface area (Å²) in [5.74, 6) is 0. The number of hydrogen-bond donors (Lipinski definition) is 1. The third-order valence-corrected chi connectivity index (χ3v) is 11.5. The Bertz CT molecular complexity index is 790. The molecule has 0 aliphatic carbocycles. The molecule has 0 saturated carbocycles. The summed E-state index contributed by atoms with van der Waals surface area (Å²) < 4.78 is 23.1. The minimum absolute atomic E-state index is 0.265. The van der Waals surface area contributed by atoms with E-state index in [1.807, 2.05) is 64.1 Å². The van der Waals surface area contributed by atoms with Crippen molar-refractivity contribution in [1.29, 1.82) is 0 Å². The maximum Gasteiger partial charge on any atom is 0.264 e. The van der Waals surface area contributed by atoms with Gasteiger partial charge in [-0.1, -0.05) is 92.8 Å². The molecule has 0 amide bonds. The largest absolute Gasteiger partial charge is 0.591 e. The number of hydrogen-bond acceptors (Lipinski definition) is 4. The monoisotopic (exact) mass is 445 g/mol. The normalized spacial score (nSPS) is 15.7. The quantitative estimate of drug-likeness (QED) is 0.301. The Morgan fingerprint density at radius 3 is 1.73 bits per heavy atom. The van der Waals surface area contributed by atoms with E-state index in [2.05, 4.69) is 49.4 Å². The van der Waals surface area contributed by atoms with E-state index in [0.717, 1.165) is 10.4 Å². The van der Waals surface area contributed by atoms with E-state index in [9.17, 15) is 9.66 Å². The average Bonchev–Trinajstić information content (AvgIpc) is 2.69. The highest BCUT2D eigenvalue weighted by Crippen LogP contribution is 2.37. The van der Waals surface area contributed by atoms with Gasteiger partial charge in [0, 0.05) is 0 Å². The Kier molecular flexibility index (Phi) is 8.10. The molecule has 4 nitrogen and oxygen atoms in total. The fraction of sp³-hybridized carbons (Fsp3) is 0.458. The second kappa shape index (κ2) is 9.79. The molecule has 6 heteroatoms. The van der Waals surface area contributed by atoms with Gasteiger partial charge in [0.2, 0.25) is 0 Å². The molecule has 0 fully saturated rings. The Hall–Kier alpha value is -1.44. The van der Waals surface area contributed by atoms with E-state index in [0.29, 0.717) is 12.1 Å². The maximum absolute atomic E-state index is 12.6. The molecule has 2 aromatic rings. The van der Waals surface area contributed by atoms with Crippen LogP contribution in [0, 0.1) is 0 Å². The van der Waals surface area contributed by atoms with Crippen molar-refractivity contribution in [3.05, 3.63) is 60.7 Å². The summed E-state index contributed by atoms with van der Waals surface area (Å²) in [5, 5.41) is 13.1. The smallest absolute Gasteiger partial charge is 0.264 e. The first-order valence-corrected chi connectivity index (χ1v) is 13.4. The third kappa shape index (κ3) is 5.42. The number of rotatable bonds is 7. The molecule has 2 atom stereocenters. The highest BCUT2D eigenvalue weighted by Gasteiger charge is 2.52. The Balaban J connectivity index is 2.62. The predicted molar refractivity (Wildman–Crippen MR) is 130 cm³/mol. The second-order valence-corrected chi connectivity index (χ2v) is 15.6. The highest BCUT2D eigenvalue weighted by atomic mass is 32.2. The van der Waals surface area contributed by atoms with E-state index in [4.69, 9.17) is 4.43 Å². The standard InChI is InChI=1S/C24H35NO3SSi/c1-8-21(25-29(27)23(2,3)4)22(26)28-30(24(5,6)7,19-15-11-9-12-16-19)20-17-13-10-14-18-20/h9-18,22,26H,8H2,1-7H3/b25-21+. The summed E-state index contributed by atoms with van der Waals surface area (Å²) >= 11 is -1.46. The number of nitrogens with zero attached hydrogens (tertiary/aromatic N) is 1. The minimum atomic E-state index is -2.92. The second-order valence-electron chi connectivity index (χ2n) is 9.43. The van der Waals surface area contributed by atoms with Gasteiger partial charge in [-0.15, -0.1) is 0 Å². The Labute approximate surface area is 185 Å². The first-order chi connectivity index (χ1) is 13.9. The van der Waals surface area contributed by atoms with Crippen LogP contribution in [-0.4, -0.2) is 34.7 Å². The lowest BCUT2D eigenvalue weighted by Crippen LogP contribution is -2.68. The first kappa shape index (κ1) is 24.8. The van der Waals surface area contributed by atoms with Crippen LogP contribution in [0.1, 0.15) is 54.9 Å². The molecule has 0 spiro atoms. The first-order valence-electron chi connectivity index (χ1n) is 10.4. The van der Waals surface area contributed by atoms with E-state index in [1.54, 1.807) is 0 Å². The zero-order valence-electron chi connectivity index (χ0n) is 19.2. The van der Waals surface area contributed by atoms with Gasteiger partial charge in [-0.2, -0.15) is 0 Å². The molecule has 1 N–H and O–H groups in total. The molecular formula is C24H35NO3SSi. The summed E-state index contributed by atoms with van der Waals surface area (Å²) in [4.78, 5) is 0. The fourth-order valence-corrected chi connectivity index (χ4v) is 8.65. The van der Waals surface area contributed by atoms with Gasteiger partial charge in [-0.05, 0) is 42.6 Å². The minimum Gasteiger partial charge on any atom is -0.591 e. The van der Waals surface area contributed by atoms with Crippen molar-refractivity contribution in [3.8, 4) is 0 Å². The molecule has 0 radical (unpaired) electrons. The molecule has 0 heterocycles. The van der Waals surface area contributed by atoms with E-state index < -0.39 is 30.7 Å². The lowest BCUT2D eigenvalue weighted by atomic mass is 10.2. The van der Waals surface area contributed by atoms with Crippen LogP contribution in [0.15, 0.2) is 65.1 Å². The molecule has 0 saturated heterocycles. The zero-order chi connectivity index (χ0) is 22.6. The molecule has 2 aromatic carbocycles. The van der Waals surface area contributed by atoms with Gasteiger partial charge < -0.3 is 14.1 Å². The molecular weight excluding hydrogens is 410 g/mol. The van der Waals surface area contributed by atoms with E-state index >= 15 is 0 Å². The summed E-state index contributed by atoms with van der Waals surface area (Å²) in [5.41, 5.74) is 0.413. The highest BCUT2D eigenvalue weighted by molar-refractivity contribution is 7.91. The van der Waals surface area contributed by atoms with Crippen molar-refractivity contribution in [2.45, 2.75) is 71.0 Å². The fourth-order valence-electron chi connectivity index (χ4n) is 3.45. The van der Waals surface area contributed by atoms with Gasteiger partial charge >= 0.3 is 0 Å². The maximum atomic E-state index is 12.6. The van der Waals surface area contributed by atoms with Gasteiger partial charge in [-0.25, -0.2) is 0 Å². The summed E-state index contributed by atoms with van der Waals surface area (Å²) in [6, 6.07) is 20.3. The van der Waals surface area contributed by atoms with Gasteiger partial charge in [0.15, 0.2) is 6.29 Å². The molecule has 30 heavy (non-hydrogen) atoms. The van der Waals surface area contributed by atoms with Crippen LogP contribution < -0.4 is 10.4 Å². The van der Waals surface area contributed by atoms with Crippen molar-refractivity contribution < 1.29 is 14.1 Å². The van der Waals surface area contributed by atoms with Crippen molar-refractivity contribution in [3.63, 3.8) is 0 Å². The lowest BCUT2D eigenvalue weighted by molar-refractivity contribution is 0.0319. The van der Waals surface area contributed by atoms with E-state index in [1.165, 1.54) is 0 Å². The molecule has 0 aliphatic heterocycles. The van der Waals surface area contributed by atoms with Gasteiger partial charge in [-0.3, -0.25) is 0 Å². The van der Waals surface area contributed by atoms with Crippen LogP contribution in [0.2, 0.25) is 5.04 Å². The van der Waals surface area contributed by atoms with Gasteiger partial charge in [0.1, 0.15) is 21.8 Å². The molecule has 0 aromatic heterocycles. The molecule has 2 rings (SSSR count). The molecule has 2 unspecified atom stereocenters. The number of aliphatic hydroxyl groups is 1. The van der Waals surface area contributed by atoms with Crippen molar-refractivity contribution in [2.75, 3.05) is 0 Å². The molecule has 0 bridgehead atoms. The Morgan fingerprint density at radius 1 is 0.967 bits per heavy atom. The summed E-state index contributed by atoms with van der Waals surface area (Å²) in [6.07, 6.45) is -0.770. The predicted octanol–water partition coefficient (Wildman–Crippen LogP) is 4.19. The van der Waals surface area contributed by atoms with Crippen molar-refractivity contribution in [1.82, 2.24) is 0 Å². The summed E-state index contributed by atoms with van der Waals surface area (Å²) in [6.45, 7) is 14.0. The number of aliphatic hydroxyl groups excluding tert-OH is 1. The average molecular weight is 446 g/mol. The van der Waals surface area contributed by atoms with Crippen LogP contribution in [0.25, 0.3) is 0 Å². The molecule has 0 aliphatic rings. The van der Waals surface area contributed by atoms with E-state index in [-0.39, 0.29) is 5.04 Å². The number of benzene rings is 2. The topological polar surface area (TPSA) is 64.9 Å². The lowest BCUT2D eigenvalue weighted by Gasteiger charge is -2.44. The van der Waals surface area contributed by atoms with Gasteiger partial charge in [0.25, 0.3) is 8.32 Å². The Morgan fingerprint density at radius 2 is 1.40 bits per heavy atom. The summed E-state index contributed by atoms with van der Waals surface area (Å²) in [7, 11) is -2.92. The SMILES string of the molecule is CC/C(=N\[S+]([O-])C(C)(C)C)C(O)O[Si](c1ccccc1)(c1ccccc1)C(C)(C)C. The van der Waals surface area contributed by atoms with Crippen LogP contribution >= 0.6 is 0 Å². The van der Waals surface area contributed by atoms with Crippen LogP contribution in [0.3, 0.4) is 0 Å². The van der Waals surface area contributed by atoms with Crippen molar-refractivity contribution >= 4 is 35.8 Å². The third-order valence-electron chi connectivity index (χ3n) is 5.08. The zero-order valence-corrected chi connectivity index (χ0v) is 21.0. The molecule has 164 valence electrons. The van der Waals surface area contributed by atoms with Crippen LogP contribution in [-0.2, 0) is 15.8 Å². The van der Waals surface area contributed by atoms with Gasteiger partial charge in [0.05, 0.1) is 0 Å². The van der Waals surface area contributed by atoms with Crippen LogP contribution in [0.5, 0.6) is 0 Å². The van der Waals surface area contributed by atoms with Crippen LogP contribution in [0.4, 0.5) is 0 Å².